The van der Waals surface area contributed by atoms with E-state index < -0.39 is 0 Å². The third kappa shape index (κ3) is 1.34. The average Bonchev–Trinajstić information content (AvgIpc) is 1.84. The molecule has 1 nitrogen and oxygen atoms in total. The summed E-state index contributed by atoms with van der Waals surface area (Å²) in [4.78, 5) is 2.42. The minimum absolute atomic E-state index is 0.712. The van der Waals surface area contributed by atoms with Crippen molar-refractivity contribution in [3.05, 3.63) is 0 Å². The standard InChI is InChI=1S/C9H19N/c1-4-6-9(5-2)7-10(3)8-9/h4-8H2,1-3H3. The molecule has 1 saturated heterocycles. The van der Waals surface area contributed by atoms with Gasteiger partial charge < -0.3 is 4.90 Å². The van der Waals surface area contributed by atoms with E-state index in [4.69, 9.17) is 0 Å². The summed E-state index contributed by atoms with van der Waals surface area (Å²) in [6, 6.07) is 0. The van der Waals surface area contributed by atoms with E-state index in [-0.39, 0.29) is 0 Å². The second-order valence-corrected chi connectivity index (χ2v) is 3.78. The zero-order valence-corrected chi connectivity index (χ0v) is 7.48. The molecule has 0 radical (unpaired) electrons. The number of rotatable bonds is 3. The van der Waals surface area contributed by atoms with Crippen LogP contribution in [0, 0.1) is 5.41 Å². The highest BCUT2D eigenvalue weighted by Gasteiger charge is 2.37. The lowest BCUT2D eigenvalue weighted by Crippen LogP contribution is -2.53. The van der Waals surface area contributed by atoms with Crippen LogP contribution in [0.25, 0.3) is 0 Å². The van der Waals surface area contributed by atoms with Crippen LogP contribution in [0.2, 0.25) is 0 Å². The van der Waals surface area contributed by atoms with Crippen LogP contribution in [-0.4, -0.2) is 25.0 Å². The molecule has 1 aliphatic rings. The van der Waals surface area contributed by atoms with Gasteiger partial charge in [-0.2, -0.15) is 0 Å². The van der Waals surface area contributed by atoms with Gasteiger partial charge in [0, 0.05) is 13.1 Å². The molecular formula is C9H19N. The Kier molecular flexibility index (Phi) is 2.35. The summed E-state index contributed by atoms with van der Waals surface area (Å²) < 4.78 is 0. The molecule has 1 heteroatoms. The first-order valence-electron chi connectivity index (χ1n) is 4.41. The molecule has 1 heterocycles. The zero-order chi connectivity index (χ0) is 7.61. The van der Waals surface area contributed by atoms with E-state index >= 15 is 0 Å². The van der Waals surface area contributed by atoms with E-state index in [0.29, 0.717) is 5.41 Å². The molecule has 0 saturated carbocycles. The van der Waals surface area contributed by atoms with Crippen LogP contribution in [0.15, 0.2) is 0 Å². The number of hydrogen-bond acceptors (Lipinski definition) is 1. The van der Waals surface area contributed by atoms with E-state index in [2.05, 4.69) is 25.8 Å². The number of nitrogens with zero attached hydrogens (tertiary/aromatic N) is 1. The van der Waals surface area contributed by atoms with Crippen LogP contribution in [-0.2, 0) is 0 Å². The van der Waals surface area contributed by atoms with Crippen molar-refractivity contribution in [1.82, 2.24) is 4.90 Å². The van der Waals surface area contributed by atoms with Crippen molar-refractivity contribution in [1.29, 1.82) is 0 Å². The Morgan fingerprint density at radius 3 is 2.20 bits per heavy atom. The predicted molar refractivity (Wildman–Crippen MR) is 45.1 cm³/mol. The molecule has 10 heavy (non-hydrogen) atoms. The molecule has 0 aromatic carbocycles. The van der Waals surface area contributed by atoms with Gasteiger partial charge in [0.05, 0.1) is 0 Å². The Balaban J connectivity index is 2.32. The third-order valence-electron chi connectivity index (χ3n) is 2.74. The summed E-state index contributed by atoms with van der Waals surface area (Å²) in [7, 11) is 2.21. The van der Waals surface area contributed by atoms with Crippen molar-refractivity contribution < 1.29 is 0 Å². The highest BCUT2D eigenvalue weighted by Crippen LogP contribution is 2.36. The largest absolute Gasteiger partial charge is 0.305 e. The number of likely N-dealkylation sites (tertiary alicyclic amines) is 1. The number of hydrogen-bond donors (Lipinski definition) is 0. The fourth-order valence-electron chi connectivity index (χ4n) is 2.19. The third-order valence-corrected chi connectivity index (χ3v) is 2.74. The first kappa shape index (κ1) is 8.06. The minimum Gasteiger partial charge on any atom is -0.305 e. The lowest BCUT2D eigenvalue weighted by Gasteiger charge is -2.48. The Labute approximate surface area is 64.4 Å². The molecule has 0 unspecified atom stereocenters. The van der Waals surface area contributed by atoms with E-state index in [9.17, 15) is 0 Å². The molecule has 0 aliphatic carbocycles. The highest BCUT2D eigenvalue weighted by molar-refractivity contribution is 4.91. The fraction of sp³-hybridized carbons (Fsp3) is 1.00. The molecule has 0 bridgehead atoms. The SMILES string of the molecule is CCCC1(CC)CN(C)C1. The molecule has 1 rings (SSSR count). The summed E-state index contributed by atoms with van der Waals surface area (Å²) in [5.41, 5.74) is 0.712. The van der Waals surface area contributed by atoms with Gasteiger partial charge in [-0.3, -0.25) is 0 Å². The smallest absolute Gasteiger partial charge is 0.00473 e. The average molecular weight is 141 g/mol. The summed E-state index contributed by atoms with van der Waals surface area (Å²) in [6.07, 6.45) is 4.14. The van der Waals surface area contributed by atoms with Gasteiger partial charge in [0.1, 0.15) is 0 Å². The van der Waals surface area contributed by atoms with Gasteiger partial charge in [-0.15, -0.1) is 0 Å². The maximum absolute atomic E-state index is 2.42. The van der Waals surface area contributed by atoms with Crippen molar-refractivity contribution in [2.45, 2.75) is 33.1 Å². The summed E-state index contributed by atoms with van der Waals surface area (Å²) in [6.45, 7) is 7.27. The first-order valence-corrected chi connectivity index (χ1v) is 4.41. The van der Waals surface area contributed by atoms with Gasteiger partial charge in [0.25, 0.3) is 0 Å². The molecule has 0 amide bonds. The molecule has 0 aromatic heterocycles. The summed E-state index contributed by atoms with van der Waals surface area (Å²) >= 11 is 0. The predicted octanol–water partition coefficient (Wildman–Crippen LogP) is 2.13. The van der Waals surface area contributed by atoms with E-state index in [0.717, 1.165) is 0 Å². The van der Waals surface area contributed by atoms with Crippen molar-refractivity contribution in [2.75, 3.05) is 20.1 Å². The van der Waals surface area contributed by atoms with Gasteiger partial charge in [-0.05, 0) is 25.3 Å². The Bertz CT molecular complexity index is 97.8. The van der Waals surface area contributed by atoms with Crippen LogP contribution in [0.4, 0.5) is 0 Å². The van der Waals surface area contributed by atoms with Gasteiger partial charge in [-0.25, -0.2) is 0 Å². The second kappa shape index (κ2) is 2.91. The van der Waals surface area contributed by atoms with Crippen molar-refractivity contribution in [2.24, 2.45) is 5.41 Å². The molecular weight excluding hydrogens is 122 g/mol. The normalized spacial score (nSPS) is 24.3. The molecule has 0 aromatic rings. The molecule has 60 valence electrons. The molecule has 1 fully saturated rings. The molecule has 0 atom stereocenters. The highest BCUT2D eigenvalue weighted by atomic mass is 15.2. The zero-order valence-electron chi connectivity index (χ0n) is 7.48. The van der Waals surface area contributed by atoms with Gasteiger partial charge in [-0.1, -0.05) is 20.3 Å². The maximum atomic E-state index is 2.42. The van der Waals surface area contributed by atoms with Crippen LogP contribution < -0.4 is 0 Å². The molecule has 0 N–H and O–H groups in total. The van der Waals surface area contributed by atoms with E-state index in [1.54, 1.807) is 0 Å². The monoisotopic (exact) mass is 141 g/mol. The lowest BCUT2D eigenvalue weighted by atomic mass is 9.74. The Hall–Kier alpha value is -0.0400. The molecule has 1 aliphatic heterocycles. The van der Waals surface area contributed by atoms with Crippen molar-refractivity contribution in [3.63, 3.8) is 0 Å². The van der Waals surface area contributed by atoms with Crippen LogP contribution in [0.5, 0.6) is 0 Å². The van der Waals surface area contributed by atoms with Gasteiger partial charge in [0.15, 0.2) is 0 Å². The van der Waals surface area contributed by atoms with Gasteiger partial charge in [0.2, 0.25) is 0 Å². The molecule has 0 spiro atoms. The van der Waals surface area contributed by atoms with E-state index in [1.807, 2.05) is 0 Å². The van der Waals surface area contributed by atoms with E-state index in [1.165, 1.54) is 32.4 Å². The summed E-state index contributed by atoms with van der Waals surface area (Å²) in [5.74, 6) is 0. The van der Waals surface area contributed by atoms with Crippen molar-refractivity contribution in [3.8, 4) is 0 Å². The summed E-state index contributed by atoms with van der Waals surface area (Å²) in [5, 5.41) is 0. The van der Waals surface area contributed by atoms with Crippen LogP contribution in [0.3, 0.4) is 0 Å². The quantitative estimate of drug-likeness (QED) is 0.582. The van der Waals surface area contributed by atoms with Crippen LogP contribution in [0.1, 0.15) is 33.1 Å². The lowest BCUT2D eigenvalue weighted by molar-refractivity contribution is 0.0105. The fourth-order valence-corrected chi connectivity index (χ4v) is 2.19. The van der Waals surface area contributed by atoms with Gasteiger partial charge >= 0.3 is 0 Å². The van der Waals surface area contributed by atoms with Crippen molar-refractivity contribution >= 4 is 0 Å². The second-order valence-electron chi connectivity index (χ2n) is 3.78. The topological polar surface area (TPSA) is 3.24 Å². The Morgan fingerprint density at radius 1 is 1.30 bits per heavy atom. The Morgan fingerprint density at radius 2 is 1.90 bits per heavy atom. The van der Waals surface area contributed by atoms with Crippen LogP contribution >= 0.6 is 0 Å². The first-order chi connectivity index (χ1) is 4.72. The maximum Gasteiger partial charge on any atom is 0.00473 e. The minimum atomic E-state index is 0.712.